The van der Waals surface area contributed by atoms with Crippen LogP contribution in [0.15, 0.2) is 30.5 Å². The molecule has 0 fully saturated rings. The van der Waals surface area contributed by atoms with E-state index in [-0.39, 0.29) is 24.0 Å². The fraction of sp³-hybridized carbons (Fsp3) is 0.444. The summed E-state index contributed by atoms with van der Waals surface area (Å²) >= 11 is 0. The number of halogens is 4. The Morgan fingerprint density at radius 3 is 2.44 bits per heavy atom. The van der Waals surface area contributed by atoms with Gasteiger partial charge in [-0.2, -0.15) is 18.3 Å². The third-order valence-corrected chi connectivity index (χ3v) is 4.68. The van der Waals surface area contributed by atoms with Crippen LogP contribution in [0.2, 0.25) is 0 Å². The first kappa shape index (κ1) is 23.0. The number of nitrogens with zero attached hydrogens (tertiary/aromatic N) is 2. The van der Waals surface area contributed by atoms with E-state index in [1.807, 2.05) is 13.8 Å². The van der Waals surface area contributed by atoms with Gasteiger partial charge in [-0.25, -0.2) is 4.68 Å². The van der Waals surface area contributed by atoms with Crippen LogP contribution in [-0.2, 0) is 6.18 Å². The summed E-state index contributed by atoms with van der Waals surface area (Å²) in [5, 5.41) is 6.86. The van der Waals surface area contributed by atoms with Crippen LogP contribution in [0.1, 0.15) is 48.3 Å². The van der Waals surface area contributed by atoms with Crippen molar-refractivity contribution in [3.63, 3.8) is 0 Å². The number of benzene rings is 1. The molecule has 0 aliphatic rings. The summed E-state index contributed by atoms with van der Waals surface area (Å²) in [7, 11) is 0. The number of nitrogens with two attached hydrogens (primary N) is 1. The number of rotatable bonds is 6. The average Bonchev–Trinajstić information content (AvgIpc) is 3.00. The topological polar surface area (TPSA) is 72.9 Å². The van der Waals surface area contributed by atoms with E-state index < -0.39 is 17.3 Å². The van der Waals surface area contributed by atoms with E-state index >= 15 is 0 Å². The van der Waals surface area contributed by atoms with Crippen molar-refractivity contribution in [1.29, 1.82) is 0 Å². The van der Waals surface area contributed by atoms with E-state index in [9.17, 15) is 18.0 Å². The number of carbonyl (C=O) groups is 1. The van der Waals surface area contributed by atoms with E-state index in [1.165, 1.54) is 23.0 Å². The summed E-state index contributed by atoms with van der Waals surface area (Å²) in [4.78, 5) is 12.4. The van der Waals surface area contributed by atoms with Crippen LogP contribution in [0.5, 0.6) is 0 Å². The molecule has 0 aliphatic heterocycles. The Morgan fingerprint density at radius 2 is 1.89 bits per heavy atom. The number of amides is 1. The molecule has 3 N–H and O–H groups in total. The summed E-state index contributed by atoms with van der Waals surface area (Å²) in [6, 6.07) is 4.81. The fourth-order valence-electron chi connectivity index (χ4n) is 2.56. The van der Waals surface area contributed by atoms with Crippen molar-refractivity contribution in [3.05, 3.63) is 47.3 Å². The molecule has 5 nitrogen and oxygen atoms in total. The molecule has 1 heterocycles. The van der Waals surface area contributed by atoms with Gasteiger partial charge in [-0.15, -0.1) is 12.4 Å². The molecule has 0 aliphatic carbocycles. The summed E-state index contributed by atoms with van der Waals surface area (Å²) < 4.78 is 40.0. The Morgan fingerprint density at radius 1 is 1.26 bits per heavy atom. The zero-order valence-electron chi connectivity index (χ0n) is 15.4. The van der Waals surface area contributed by atoms with Crippen LogP contribution >= 0.6 is 12.4 Å². The van der Waals surface area contributed by atoms with Crippen LogP contribution in [0.25, 0.3) is 5.69 Å². The van der Waals surface area contributed by atoms with Gasteiger partial charge in [0.05, 0.1) is 28.7 Å². The highest BCUT2D eigenvalue weighted by atomic mass is 35.5. The average molecular weight is 405 g/mol. The maximum absolute atomic E-state index is 12.9. The van der Waals surface area contributed by atoms with Crippen molar-refractivity contribution < 1.29 is 18.0 Å². The molecular weight excluding hydrogens is 381 g/mol. The van der Waals surface area contributed by atoms with Gasteiger partial charge in [-0.1, -0.05) is 19.9 Å². The molecule has 1 aromatic heterocycles. The minimum absolute atomic E-state index is 0. The van der Waals surface area contributed by atoms with Gasteiger partial charge in [0.15, 0.2) is 0 Å². The van der Waals surface area contributed by atoms with E-state index in [2.05, 4.69) is 10.4 Å². The highest BCUT2D eigenvalue weighted by Crippen LogP contribution is 2.30. The highest BCUT2D eigenvalue weighted by Gasteiger charge is 2.31. The molecule has 9 heteroatoms. The van der Waals surface area contributed by atoms with Crippen molar-refractivity contribution in [2.45, 2.75) is 45.3 Å². The maximum atomic E-state index is 12.9. The predicted molar refractivity (Wildman–Crippen MR) is 100 cm³/mol. The van der Waals surface area contributed by atoms with Crippen molar-refractivity contribution >= 4 is 18.3 Å². The first-order valence-corrected chi connectivity index (χ1v) is 8.40. The van der Waals surface area contributed by atoms with Gasteiger partial charge in [0.1, 0.15) is 0 Å². The zero-order chi connectivity index (χ0) is 19.5. The van der Waals surface area contributed by atoms with Crippen LogP contribution in [0.4, 0.5) is 13.2 Å². The lowest BCUT2D eigenvalue weighted by molar-refractivity contribution is -0.137. The highest BCUT2D eigenvalue weighted by molar-refractivity contribution is 5.95. The first-order valence-electron chi connectivity index (χ1n) is 8.40. The molecular formula is C18H24ClF3N4O. The molecule has 1 amide bonds. The molecule has 0 saturated heterocycles. The van der Waals surface area contributed by atoms with Crippen molar-refractivity contribution in [3.8, 4) is 5.69 Å². The smallest absolute Gasteiger partial charge is 0.350 e. The summed E-state index contributed by atoms with van der Waals surface area (Å²) in [6.45, 7) is 5.85. The molecule has 0 atom stereocenters. The summed E-state index contributed by atoms with van der Waals surface area (Å²) in [5.74, 6) is -0.350. The Hall–Kier alpha value is -2.06. The van der Waals surface area contributed by atoms with Gasteiger partial charge in [0, 0.05) is 12.1 Å². The third-order valence-electron chi connectivity index (χ3n) is 4.68. The van der Waals surface area contributed by atoms with Crippen molar-refractivity contribution in [1.82, 2.24) is 15.1 Å². The lowest BCUT2D eigenvalue weighted by Crippen LogP contribution is -2.49. The number of nitrogens with one attached hydrogen (secondary N) is 1. The van der Waals surface area contributed by atoms with Crippen LogP contribution in [0, 0.1) is 6.92 Å². The fourth-order valence-corrected chi connectivity index (χ4v) is 2.56. The second kappa shape index (κ2) is 8.75. The van der Waals surface area contributed by atoms with E-state index in [0.29, 0.717) is 30.6 Å². The lowest BCUT2D eigenvalue weighted by Gasteiger charge is -2.26. The molecule has 0 saturated carbocycles. The second-order valence-electron chi connectivity index (χ2n) is 6.36. The molecule has 1 aromatic carbocycles. The molecule has 0 radical (unpaired) electrons. The van der Waals surface area contributed by atoms with Crippen LogP contribution < -0.4 is 11.1 Å². The third kappa shape index (κ3) is 5.23. The summed E-state index contributed by atoms with van der Waals surface area (Å²) in [5.41, 5.74) is 5.92. The normalized spacial score (nSPS) is 11.8. The quantitative estimate of drug-likeness (QED) is 0.767. The maximum Gasteiger partial charge on any atom is 0.416 e. The Balaban J connectivity index is 0.00000364. The lowest BCUT2D eigenvalue weighted by atomic mass is 9.94. The van der Waals surface area contributed by atoms with Gasteiger partial charge in [0.25, 0.3) is 5.91 Å². The van der Waals surface area contributed by atoms with Crippen LogP contribution in [-0.4, -0.2) is 27.8 Å². The van der Waals surface area contributed by atoms with Gasteiger partial charge in [0.2, 0.25) is 0 Å². The van der Waals surface area contributed by atoms with Gasteiger partial charge < -0.3 is 11.1 Å². The van der Waals surface area contributed by atoms with Gasteiger partial charge in [-0.05, 0) is 38.0 Å². The minimum atomic E-state index is -4.44. The molecule has 27 heavy (non-hydrogen) atoms. The molecule has 0 spiro atoms. The molecule has 0 bridgehead atoms. The SMILES string of the molecule is CCC(N)(CC)CNC(=O)c1cnn(-c2cccc(C(F)(F)F)c2)c1C.Cl. The second-order valence-corrected chi connectivity index (χ2v) is 6.36. The molecule has 0 unspecified atom stereocenters. The minimum Gasteiger partial charge on any atom is -0.350 e. The van der Waals surface area contributed by atoms with Gasteiger partial charge in [-0.3, -0.25) is 4.79 Å². The van der Waals surface area contributed by atoms with Crippen LogP contribution in [0.3, 0.4) is 0 Å². The Kier molecular flexibility index (Phi) is 7.45. The van der Waals surface area contributed by atoms with E-state index in [0.717, 1.165) is 12.1 Å². The monoisotopic (exact) mass is 404 g/mol. The number of aromatic nitrogens is 2. The van der Waals surface area contributed by atoms with Crippen molar-refractivity contribution in [2.24, 2.45) is 5.73 Å². The first-order chi connectivity index (χ1) is 12.1. The standard InChI is InChI=1S/C18H23F3N4O.ClH/c1-4-17(22,5-2)11-23-16(26)15-10-24-25(12(15)3)14-8-6-7-13(9-14)18(19,20)21;/h6-10H,4-5,11,22H2,1-3H3,(H,23,26);1H. The Bertz CT molecular complexity index is 785. The van der Waals surface area contributed by atoms with Crippen molar-refractivity contribution in [2.75, 3.05) is 6.54 Å². The zero-order valence-corrected chi connectivity index (χ0v) is 16.2. The number of hydrogen-bond acceptors (Lipinski definition) is 3. The number of alkyl halides is 3. The predicted octanol–water partition coefficient (Wildman–Crippen LogP) is 3.87. The molecule has 150 valence electrons. The summed E-state index contributed by atoms with van der Waals surface area (Å²) in [6.07, 6.45) is -1.67. The van der Waals surface area contributed by atoms with E-state index in [4.69, 9.17) is 5.73 Å². The largest absolute Gasteiger partial charge is 0.416 e. The molecule has 2 rings (SSSR count). The van der Waals surface area contributed by atoms with Gasteiger partial charge >= 0.3 is 6.18 Å². The Labute approximate surface area is 162 Å². The number of hydrogen-bond donors (Lipinski definition) is 2. The van der Waals surface area contributed by atoms with E-state index in [1.54, 1.807) is 6.92 Å². The number of carbonyl (C=O) groups excluding carboxylic acids is 1. The molecule has 2 aromatic rings.